The summed E-state index contributed by atoms with van der Waals surface area (Å²) >= 11 is 0. The normalized spacial score (nSPS) is 15.0. The lowest BCUT2D eigenvalue weighted by Gasteiger charge is -2.37. The van der Waals surface area contributed by atoms with Crippen LogP contribution in [0.1, 0.15) is 22.8 Å². The number of hydrogen-bond acceptors (Lipinski definition) is 6. The molecular formula is C21H23N3O5. The molecule has 0 radical (unpaired) electrons. The van der Waals surface area contributed by atoms with E-state index in [1.54, 1.807) is 17.9 Å². The van der Waals surface area contributed by atoms with Crippen LogP contribution in [0.5, 0.6) is 0 Å². The van der Waals surface area contributed by atoms with E-state index in [0.29, 0.717) is 31.7 Å². The van der Waals surface area contributed by atoms with Gasteiger partial charge in [-0.25, -0.2) is 4.79 Å². The van der Waals surface area contributed by atoms with E-state index >= 15 is 0 Å². The van der Waals surface area contributed by atoms with Gasteiger partial charge in [-0.05, 0) is 31.5 Å². The molecule has 152 valence electrons. The molecule has 8 heteroatoms. The van der Waals surface area contributed by atoms with Gasteiger partial charge in [-0.3, -0.25) is 14.9 Å². The van der Waals surface area contributed by atoms with Crippen LogP contribution in [-0.2, 0) is 9.53 Å². The van der Waals surface area contributed by atoms with Gasteiger partial charge in [0.1, 0.15) is 5.56 Å². The zero-order valence-corrected chi connectivity index (χ0v) is 16.4. The second-order valence-corrected chi connectivity index (χ2v) is 6.92. The first-order chi connectivity index (χ1) is 13.9. The third kappa shape index (κ3) is 4.53. The van der Waals surface area contributed by atoms with Crippen molar-refractivity contribution < 1.29 is 19.2 Å². The predicted molar refractivity (Wildman–Crippen MR) is 108 cm³/mol. The van der Waals surface area contributed by atoms with E-state index in [1.165, 1.54) is 19.1 Å². The molecule has 2 aromatic rings. The maximum absolute atomic E-state index is 12.7. The molecule has 29 heavy (non-hydrogen) atoms. The average Bonchev–Trinajstić information content (AvgIpc) is 2.73. The second-order valence-electron chi connectivity index (χ2n) is 6.92. The summed E-state index contributed by atoms with van der Waals surface area (Å²) in [5, 5.41) is 11.2. The molecule has 2 aromatic carbocycles. The fraction of sp³-hybridized carbons (Fsp3) is 0.333. The van der Waals surface area contributed by atoms with Gasteiger partial charge in [0.25, 0.3) is 11.6 Å². The molecule has 0 spiro atoms. The number of carbonyl (C=O) groups excluding carboxylic acids is 2. The highest BCUT2D eigenvalue weighted by Gasteiger charge is 2.30. The number of esters is 1. The van der Waals surface area contributed by atoms with Gasteiger partial charge in [-0.2, -0.15) is 0 Å². The number of nitro benzene ring substituents is 1. The molecule has 1 saturated heterocycles. The van der Waals surface area contributed by atoms with Gasteiger partial charge in [-0.15, -0.1) is 0 Å². The standard InChI is InChI=1S/C21H23N3O5/c1-15-7-6-10-18(24(27)28)19(15)21(26)29-16(2)20(25)23-13-11-22(12-14-23)17-8-4-3-5-9-17/h3-10,16H,11-14H2,1-2H3. The highest BCUT2D eigenvalue weighted by Crippen LogP contribution is 2.23. The molecule has 0 aliphatic carbocycles. The van der Waals surface area contributed by atoms with Crippen molar-refractivity contribution in [2.45, 2.75) is 20.0 Å². The first kappa shape index (κ1) is 20.3. The second kappa shape index (κ2) is 8.72. The average molecular weight is 397 g/mol. The van der Waals surface area contributed by atoms with Crippen molar-refractivity contribution >= 4 is 23.3 Å². The summed E-state index contributed by atoms with van der Waals surface area (Å²) in [7, 11) is 0. The van der Waals surface area contributed by atoms with E-state index in [-0.39, 0.29) is 17.2 Å². The summed E-state index contributed by atoms with van der Waals surface area (Å²) in [6.45, 7) is 5.48. The maximum Gasteiger partial charge on any atom is 0.346 e. The van der Waals surface area contributed by atoms with Gasteiger partial charge < -0.3 is 14.5 Å². The van der Waals surface area contributed by atoms with Crippen molar-refractivity contribution in [3.05, 3.63) is 69.8 Å². The number of nitrogens with zero attached hydrogens (tertiary/aromatic N) is 3. The number of hydrogen-bond donors (Lipinski definition) is 0. The molecule has 1 aliphatic rings. The van der Waals surface area contributed by atoms with Crippen molar-refractivity contribution in [1.82, 2.24) is 4.90 Å². The number of rotatable bonds is 5. The summed E-state index contributed by atoms with van der Waals surface area (Å²) in [6, 6.07) is 14.3. The van der Waals surface area contributed by atoms with Crippen LogP contribution in [0, 0.1) is 17.0 Å². The van der Waals surface area contributed by atoms with Gasteiger partial charge in [0, 0.05) is 37.9 Å². The lowest BCUT2D eigenvalue weighted by molar-refractivity contribution is -0.385. The van der Waals surface area contributed by atoms with Crippen LogP contribution in [0.4, 0.5) is 11.4 Å². The lowest BCUT2D eigenvalue weighted by Crippen LogP contribution is -2.51. The summed E-state index contributed by atoms with van der Waals surface area (Å²) in [5.74, 6) is -1.17. The number of amides is 1. The largest absolute Gasteiger partial charge is 0.449 e. The van der Waals surface area contributed by atoms with Crippen LogP contribution >= 0.6 is 0 Å². The zero-order valence-electron chi connectivity index (χ0n) is 16.4. The van der Waals surface area contributed by atoms with Crippen LogP contribution in [0.25, 0.3) is 0 Å². The quantitative estimate of drug-likeness (QED) is 0.438. The van der Waals surface area contributed by atoms with Gasteiger partial charge >= 0.3 is 5.97 Å². The number of benzene rings is 2. The van der Waals surface area contributed by atoms with E-state index in [1.807, 2.05) is 30.3 Å². The van der Waals surface area contributed by atoms with Gasteiger partial charge in [0.15, 0.2) is 6.10 Å². The molecule has 1 heterocycles. The van der Waals surface area contributed by atoms with Crippen molar-refractivity contribution in [3.63, 3.8) is 0 Å². The van der Waals surface area contributed by atoms with Crippen molar-refractivity contribution in [1.29, 1.82) is 0 Å². The number of nitro groups is 1. The Morgan fingerprint density at radius 1 is 1.03 bits per heavy atom. The molecule has 0 N–H and O–H groups in total. The Hall–Kier alpha value is -3.42. The molecule has 1 atom stereocenters. The van der Waals surface area contributed by atoms with Crippen LogP contribution in [0.15, 0.2) is 48.5 Å². The van der Waals surface area contributed by atoms with E-state index in [9.17, 15) is 19.7 Å². The fourth-order valence-corrected chi connectivity index (χ4v) is 3.42. The number of para-hydroxylation sites is 1. The topological polar surface area (TPSA) is 93.0 Å². The molecule has 1 fully saturated rings. The Morgan fingerprint density at radius 3 is 2.31 bits per heavy atom. The monoisotopic (exact) mass is 397 g/mol. The highest BCUT2D eigenvalue weighted by atomic mass is 16.6. The SMILES string of the molecule is Cc1cccc([N+](=O)[O-])c1C(=O)OC(C)C(=O)N1CCN(c2ccccc2)CC1. The van der Waals surface area contributed by atoms with Crippen LogP contribution < -0.4 is 4.90 Å². The molecular weight excluding hydrogens is 374 g/mol. The minimum Gasteiger partial charge on any atom is -0.449 e. The third-order valence-electron chi connectivity index (χ3n) is 5.00. The molecule has 0 bridgehead atoms. The van der Waals surface area contributed by atoms with Gasteiger partial charge in [0.2, 0.25) is 0 Å². The number of piperazine rings is 1. The maximum atomic E-state index is 12.7. The Bertz CT molecular complexity index is 908. The summed E-state index contributed by atoms with van der Waals surface area (Å²) in [6.07, 6.45) is -1.02. The minimum absolute atomic E-state index is 0.119. The third-order valence-corrected chi connectivity index (χ3v) is 5.00. The molecule has 1 unspecified atom stereocenters. The predicted octanol–water partition coefficient (Wildman–Crippen LogP) is 2.80. The smallest absolute Gasteiger partial charge is 0.346 e. The van der Waals surface area contributed by atoms with E-state index in [0.717, 1.165) is 5.69 Å². The van der Waals surface area contributed by atoms with Crippen LogP contribution in [0.3, 0.4) is 0 Å². The molecule has 0 aromatic heterocycles. The molecule has 8 nitrogen and oxygen atoms in total. The van der Waals surface area contributed by atoms with E-state index < -0.39 is 17.0 Å². The summed E-state index contributed by atoms with van der Waals surface area (Å²) in [5.41, 5.74) is 1.09. The lowest BCUT2D eigenvalue weighted by atomic mass is 10.1. The van der Waals surface area contributed by atoms with E-state index in [4.69, 9.17) is 4.74 Å². The number of aryl methyl sites for hydroxylation is 1. The van der Waals surface area contributed by atoms with Gasteiger partial charge in [-0.1, -0.05) is 30.3 Å². The first-order valence-electron chi connectivity index (χ1n) is 9.42. The molecule has 1 amide bonds. The Kier molecular flexibility index (Phi) is 6.11. The van der Waals surface area contributed by atoms with Gasteiger partial charge in [0.05, 0.1) is 4.92 Å². The van der Waals surface area contributed by atoms with Crippen LogP contribution in [-0.4, -0.2) is 54.0 Å². The van der Waals surface area contributed by atoms with Crippen molar-refractivity contribution in [2.75, 3.05) is 31.1 Å². The molecule has 1 aliphatic heterocycles. The van der Waals surface area contributed by atoms with E-state index in [2.05, 4.69) is 4.90 Å². The number of anilines is 1. The Balaban J connectivity index is 1.62. The van der Waals surface area contributed by atoms with Crippen LogP contribution in [0.2, 0.25) is 0 Å². The zero-order chi connectivity index (χ0) is 21.0. The number of ether oxygens (including phenoxy) is 1. The Labute approximate surface area is 168 Å². The Morgan fingerprint density at radius 2 is 1.69 bits per heavy atom. The fourth-order valence-electron chi connectivity index (χ4n) is 3.42. The number of carbonyl (C=O) groups is 2. The molecule has 0 saturated carbocycles. The molecule has 3 rings (SSSR count). The summed E-state index contributed by atoms with van der Waals surface area (Å²) < 4.78 is 5.29. The van der Waals surface area contributed by atoms with Crippen molar-refractivity contribution in [2.24, 2.45) is 0 Å². The first-order valence-corrected chi connectivity index (χ1v) is 9.42. The summed E-state index contributed by atoms with van der Waals surface area (Å²) in [4.78, 5) is 39.7. The minimum atomic E-state index is -1.02. The van der Waals surface area contributed by atoms with Crippen molar-refractivity contribution in [3.8, 4) is 0 Å². The highest BCUT2D eigenvalue weighted by molar-refractivity contribution is 5.97.